The zero-order valence-corrected chi connectivity index (χ0v) is 12.4. The molecule has 1 heterocycles. The first kappa shape index (κ1) is 13.5. The Morgan fingerprint density at radius 3 is 2.67 bits per heavy atom. The molecule has 2 aromatic carbocycles. The third-order valence-electron chi connectivity index (χ3n) is 3.37. The summed E-state index contributed by atoms with van der Waals surface area (Å²) in [4.78, 5) is 4.86. The van der Waals surface area contributed by atoms with Crippen molar-refractivity contribution in [2.24, 2.45) is 5.73 Å². The normalized spacial score (nSPS) is 10.5. The number of nitrogens with one attached hydrogen (secondary N) is 1. The molecule has 3 aromatic rings. The fourth-order valence-electron chi connectivity index (χ4n) is 2.32. The number of nitrogens with two attached hydrogens (primary N) is 1. The van der Waals surface area contributed by atoms with Crippen LogP contribution in [0.4, 0.5) is 11.4 Å². The quantitative estimate of drug-likeness (QED) is 0.719. The first-order chi connectivity index (χ1) is 10.1. The molecule has 0 amide bonds. The highest BCUT2D eigenvalue weighted by molar-refractivity contribution is 7.80. The van der Waals surface area contributed by atoms with E-state index in [0.717, 1.165) is 33.4 Å². The number of pyridine rings is 1. The van der Waals surface area contributed by atoms with Crippen molar-refractivity contribution in [2.45, 2.75) is 6.92 Å². The molecule has 0 fully saturated rings. The zero-order valence-electron chi connectivity index (χ0n) is 11.6. The van der Waals surface area contributed by atoms with Crippen LogP contribution in [-0.2, 0) is 0 Å². The predicted octanol–water partition coefficient (Wildman–Crippen LogP) is 3.92. The van der Waals surface area contributed by atoms with Gasteiger partial charge in [0.25, 0.3) is 0 Å². The molecule has 0 bridgehead atoms. The number of hydrogen-bond acceptors (Lipinski definition) is 3. The molecule has 3 rings (SSSR count). The number of rotatable bonds is 3. The lowest BCUT2D eigenvalue weighted by Gasteiger charge is -2.10. The summed E-state index contributed by atoms with van der Waals surface area (Å²) in [5.74, 6) is 0. The Kier molecular flexibility index (Phi) is 3.54. The van der Waals surface area contributed by atoms with Gasteiger partial charge in [0.05, 0.1) is 17.4 Å². The SMILES string of the molecule is Cc1cc(Nc2cnc3ccccc3c2)ccc1C(N)=S. The van der Waals surface area contributed by atoms with Crippen LogP contribution in [0.15, 0.2) is 54.7 Å². The van der Waals surface area contributed by atoms with E-state index in [1.54, 1.807) is 0 Å². The van der Waals surface area contributed by atoms with E-state index < -0.39 is 0 Å². The van der Waals surface area contributed by atoms with Crippen LogP contribution in [0.25, 0.3) is 10.9 Å². The van der Waals surface area contributed by atoms with Gasteiger partial charge in [-0.25, -0.2) is 0 Å². The van der Waals surface area contributed by atoms with Crippen molar-refractivity contribution >= 4 is 39.5 Å². The van der Waals surface area contributed by atoms with Crippen LogP contribution in [0.1, 0.15) is 11.1 Å². The van der Waals surface area contributed by atoms with Crippen LogP contribution < -0.4 is 11.1 Å². The predicted molar refractivity (Wildman–Crippen MR) is 92.1 cm³/mol. The van der Waals surface area contributed by atoms with E-state index in [-0.39, 0.29) is 0 Å². The van der Waals surface area contributed by atoms with E-state index in [1.807, 2.05) is 49.5 Å². The minimum Gasteiger partial charge on any atom is -0.389 e. The average Bonchev–Trinajstić information content (AvgIpc) is 2.47. The lowest BCUT2D eigenvalue weighted by molar-refractivity contribution is 1.38. The molecule has 0 unspecified atom stereocenters. The average molecular weight is 293 g/mol. The fraction of sp³-hybridized carbons (Fsp3) is 0.0588. The molecule has 0 aliphatic rings. The number of aromatic nitrogens is 1. The number of benzene rings is 2. The van der Waals surface area contributed by atoms with Gasteiger partial charge in [0.1, 0.15) is 4.99 Å². The van der Waals surface area contributed by atoms with Crippen molar-refractivity contribution in [3.63, 3.8) is 0 Å². The maximum absolute atomic E-state index is 5.68. The monoisotopic (exact) mass is 293 g/mol. The minimum atomic E-state index is 0.423. The molecular formula is C17H15N3S. The Morgan fingerprint density at radius 1 is 1.10 bits per heavy atom. The van der Waals surface area contributed by atoms with Crippen molar-refractivity contribution < 1.29 is 0 Å². The van der Waals surface area contributed by atoms with Crippen LogP contribution >= 0.6 is 12.2 Å². The number of fused-ring (bicyclic) bond motifs is 1. The molecule has 0 spiro atoms. The Bertz CT molecular complexity index is 827. The van der Waals surface area contributed by atoms with Crippen molar-refractivity contribution in [3.8, 4) is 0 Å². The lowest BCUT2D eigenvalue weighted by atomic mass is 10.1. The van der Waals surface area contributed by atoms with E-state index in [4.69, 9.17) is 18.0 Å². The summed E-state index contributed by atoms with van der Waals surface area (Å²) in [5, 5.41) is 4.47. The molecule has 0 saturated carbocycles. The van der Waals surface area contributed by atoms with Crippen LogP contribution in [0.3, 0.4) is 0 Å². The molecule has 0 atom stereocenters. The van der Waals surface area contributed by atoms with Crippen molar-refractivity contribution in [1.82, 2.24) is 4.98 Å². The molecule has 104 valence electrons. The number of nitrogens with zero attached hydrogens (tertiary/aromatic N) is 1. The number of aryl methyl sites for hydroxylation is 1. The summed E-state index contributed by atoms with van der Waals surface area (Å²) in [7, 11) is 0. The van der Waals surface area contributed by atoms with Crippen LogP contribution in [-0.4, -0.2) is 9.97 Å². The largest absolute Gasteiger partial charge is 0.389 e. The summed E-state index contributed by atoms with van der Waals surface area (Å²) >= 11 is 5.02. The molecule has 1 aromatic heterocycles. The van der Waals surface area contributed by atoms with Crippen molar-refractivity contribution in [1.29, 1.82) is 0 Å². The Labute approximate surface area is 128 Å². The van der Waals surface area contributed by atoms with E-state index >= 15 is 0 Å². The number of para-hydroxylation sites is 1. The van der Waals surface area contributed by atoms with Crippen LogP contribution in [0, 0.1) is 6.92 Å². The first-order valence-corrected chi connectivity index (χ1v) is 7.06. The standard InChI is InChI=1S/C17H15N3S/c1-11-8-13(6-7-15(11)17(18)21)20-14-9-12-4-2-3-5-16(12)19-10-14/h2-10,20H,1H3,(H2,18,21). The summed E-state index contributed by atoms with van der Waals surface area (Å²) in [6.07, 6.45) is 1.83. The number of hydrogen-bond donors (Lipinski definition) is 2. The Morgan fingerprint density at radius 2 is 1.90 bits per heavy atom. The first-order valence-electron chi connectivity index (χ1n) is 6.66. The maximum Gasteiger partial charge on any atom is 0.104 e. The highest BCUT2D eigenvalue weighted by Crippen LogP contribution is 2.22. The third-order valence-corrected chi connectivity index (χ3v) is 3.59. The summed E-state index contributed by atoms with van der Waals surface area (Å²) < 4.78 is 0. The van der Waals surface area contributed by atoms with Gasteiger partial charge in [-0.3, -0.25) is 4.98 Å². The van der Waals surface area contributed by atoms with E-state index in [0.29, 0.717) is 4.99 Å². The lowest BCUT2D eigenvalue weighted by Crippen LogP contribution is -2.11. The molecule has 3 N–H and O–H groups in total. The van der Waals surface area contributed by atoms with Gasteiger partial charge in [0.2, 0.25) is 0 Å². The molecule has 0 radical (unpaired) electrons. The van der Waals surface area contributed by atoms with Crippen LogP contribution in [0.2, 0.25) is 0 Å². The summed E-state index contributed by atoms with van der Waals surface area (Å²) in [6.45, 7) is 2.00. The fourth-order valence-corrected chi connectivity index (χ4v) is 2.55. The Hall–Kier alpha value is -2.46. The second-order valence-corrected chi connectivity index (χ2v) is 5.38. The molecule has 4 heteroatoms. The Balaban J connectivity index is 1.91. The molecule has 21 heavy (non-hydrogen) atoms. The van der Waals surface area contributed by atoms with E-state index in [9.17, 15) is 0 Å². The molecule has 0 aliphatic carbocycles. The topological polar surface area (TPSA) is 50.9 Å². The highest BCUT2D eigenvalue weighted by Gasteiger charge is 2.03. The molecule has 0 aliphatic heterocycles. The second kappa shape index (κ2) is 5.50. The van der Waals surface area contributed by atoms with Gasteiger partial charge in [0, 0.05) is 16.6 Å². The van der Waals surface area contributed by atoms with Crippen molar-refractivity contribution in [2.75, 3.05) is 5.32 Å². The van der Waals surface area contributed by atoms with Gasteiger partial charge >= 0.3 is 0 Å². The summed E-state index contributed by atoms with van der Waals surface area (Å²) in [5.41, 5.74) is 10.6. The summed E-state index contributed by atoms with van der Waals surface area (Å²) in [6, 6.07) is 16.1. The van der Waals surface area contributed by atoms with Gasteiger partial charge in [-0.1, -0.05) is 30.4 Å². The second-order valence-electron chi connectivity index (χ2n) is 4.94. The molecule has 0 saturated heterocycles. The van der Waals surface area contributed by atoms with Gasteiger partial charge in [0.15, 0.2) is 0 Å². The highest BCUT2D eigenvalue weighted by atomic mass is 32.1. The van der Waals surface area contributed by atoms with Gasteiger partial charge < -0.3 is 11.1 Å². The van der Waals surface area contributed by atoms with Gasteiger partial charge in [-0.15, -0.1) is 0 Å². The molecule has 3 nitrogen and oxygen atoms in total. The van der Waals surface area contributed by atoms with E-state index in [2.05, 4.69) is 22.4 Å². The maximum atomic E-state index is 5.68. The zero-order chi connectivity index (χ0) is 14.8. The number of anilines is 2. The third kappa shape index (κ3) is 2.85. The van der Waals surface area contributed by atoms with Gasteiger partial charge in [-0.2, -0.15) is 0 Å². The van der Waals surface area contributed by atoms with E-state index in [1.165, 1.54) is 0 Å². The smallest absolute Gasteiger partial charge is 0.104 e. The van der Waals surface area contributed by atoms with Crippen LogP contribution in [0.5, 0.6) is 0 Å². The molecular weight excluding hydrogens is 278 g/mol. The van der Waals surface area contributed by atoms with Crippen molar-refractivity contribution in [3.05, 3.63) is 65.9 Å². The minimum absolute atomic E-state index is 0.423. The van der Waals surface area contributed by atoms with Gasteiger partial charge in [-0.05, 0) is 42.8 Å². The number of thiocarbonyl (C=S) groups is 1.